The van der Waals surface area contributed by atoms with E-state index in [1.165, 1.54) is 49.3 Å². The average Bonchev–Trinajstić information content (AvgIpc) is 3.58. The Kier molecular flexibility index (Phi) is 7.43. The van der Waals surface area contributed by atoms with E-state index in [9.17, 15) is 0 Å². The van der Waals surface area contributed by atoms with Crippen molar-refractivity contribution in [3.8, 4) is 62.1 Å². The fraction of sp³-hybridized carbons (Fsp3) is 0. The maximum absolute atomic E-state index is 4.95. The maximum Gasteiger partial charge on any atom is 0.164 e. The van der Waals surface area contributed by atoms with Crippen LogP contribution in [-0.2, 0) is 0 Å². The van der Waals surface area contributed by atoms with Crippen molar-refractivity contribution in [1.82, 2.24) is 19.5 Å². The molecule has 0 aliphatic rings. The van der Waals surface area contributed by atoms with Crippen molar-refractivity contribution < 1.29 is 0 Å². The van der Waals surface area contributed by atoms with E-state index in [0.717, 1.165) is 27.9 Å². The molecule has 0 aliphatic heterocycles. The first-order valence-corrected chi connectivity index (χ1v) is 17.9. The van der Waals surface area contributed by atoms with Gasteiger partial charge in [0.05, 0.1) is 11.0 Å². The summed E-state index contributed by atoms with van der Waals surface area (Å²) in [5.41, 5.74) is 11.1. The number of nitrogens with zero attached hydrogens (tertiary/aromatic N) is 4. The molecule has 0 spiro atoms. The molecule has 53 heavy (non-hydrogen) atoms. The number of rotatable bonds is 6. The Morgan fingerprint density at radius 3 is 1.32 bits per heavy atom. The monoisotopic (exact) mass is 676 g/mol. The molecule has 0 unspecified atom stereocenters. The molecule has 10 aromatic rings. The van der Waals surface area contributed by atoms with Crippen LogP contribution < -0.4 is 0 Å². The fourth-order valence-corrected chi connectivity index (χ4v) is 7.57. The first kappa shape index (κ1) is 30.6. The SMILES string of the molecule is c1ccc(-c2nc(-c3ccccc3)nc(-c3ccc(-c4cccc5cccc(-c6cccc(-n7c8ccccc8c8ccccc87)c6)c45)cc3)n2)cc1. The van der Waals surface area contributed by atoms with Crippen molar-refractivity contribution in [2.45, 2.75) is 0 Å². The first-order chi connectivity index (χ1) is 26.3. The summed E-state index contributed by atoms with van der Waals surface area (Å²) in [5, 5.41) is 4.94. The van der Waals surface area contributed by atoms with Crippen LogP contribution in [0, 0.1) is 0 Å². The molecule has 0 aliphatic carbocycles. The van der Waals surface area contributed by atoms with Gasteiger partial charge in [-0.25, -0.2) is 15.0 Å². The van der Waals surface area contributed by atoms with E-state index in [4.69, 9.17) is 15.0 Å². The summed E-state index contributed by atoms with van der Waals surface area (Å²) in [6.07, 6.45) is 0. The normalized spacial score (nSPS) is 11.4. The quantitative estimate of drug-likeness (QED) is 0.176. The van der Waals surface area contributed by atoms with Crippen LogP contribution in [0.1, 0.15) is 0 Å². The van der Waals surface area contributed by atoms with Crippen molar-refractivity contribution in [2.75, 3.05) is 0 Å². The molecule has 0 radical (unpaired) electrons. The summed E-state index contributed by atoms with van der Waals surface area (Å²) in [6, 6.07) is 68.2. The van der Waals surface area contributed by atoms with Crippen LogP contribution in [0.3, 0.4) is 0 Å². The van der Waals surface area contributed by atoms with Gasteiger partial charge in [0.15, 0.2) is 17.5 Å². The van der Waals surface area contributed by atoms with Crippen molar-refractivity contribution in [2.24, 2.45) is 0 Å². The number of benzene rings is 8. The van der Waals surface area contributed by atoms with Crippen molar-refractivity contribution >= 4 is 32.6 Å². The molecule has 2 aromatic heterocycles. The highest BCUT2D eigenvalue weighted by Gasteiger charge is 2.16. The van der Waals surface area contributed by atoms with Gasteiger partial charge in [-0.2, -0.15) is 0 Å². The Bertz CT molecular complexity index is 2810. The van der Waals surface area contributed by atoms with Crippen molar-refractivity contribution in [1.29, 1.82) is 0 Å². The third-order valence-corrected chi connectivity index (χ3v) is 10.1. The second kappa shape index (κ2) is 12.9. The number of fused-ring (bicyclic) bond motifs is 4. The molecular formula is C49H32N4. The van der Waals surface area contributed by atoms with E-state index < -0.39 is 0 Å². The van der Waals surface area contributed by atoms with Crippen LogP contribution in [0.2, 0.25) is 0 Å². The van der Waals surface area contributed by atoms with Crippen LogP contribution in [0.4, 0.5) is 0 Å². The topological polar surface area (TPSA) is 43.6 Å². The lowest BCUT2D eigenvalue weighted by Gasteiger charge is -2.15. The van der Waals surface area contributed by atoms with E-state index in [-0.39, 0.29) is 0 Å². The van der Waals surface area contributed by atoms with Gasteiger partial charge in [0.2, 0.25) is 0 Å². The van der Waals surface area contributed by atoms with Gasteiger partial charge in [-0.15, -0.1) is 0 Å². The summed E-state index contributed by atoms with van der Waals surface area (Å²) in [4.78, 5) is 14.8. The van der Waals surface area contributed by atoms with Crippen LogP contribution >= 0.6 is 0 Å². The summed E-state index contributed by atoms with van der Waals surface area (Å²) in [7, 11) is 0. The lowest BCUT2D eigenvalue weighted by molar-refractivity contribution is 1.07. The van der Waals surface area contributed by atoms with Crippen LogP contribution in [0.5, 0.6) is 0 Å². The zero-order valence-electron chi connectivity index (χ0n) is 28.8. The van der Waals surface area contributed by atoms with E-state index in [2.05, 4.69) is 138 Å². The van der Waals surface area contributed by atoms with Crippen molar-refractivity contribution in [3.63, 3.8) is 0 Å². The molecule has 0 saturated heterocycles. The first-order valence-electron chi connectivity index (χ1n) is 17.9. The minimum Gasteiger partial charge on any atom is -0.309 e. The predicted molar refractivity (Wildman–Crippen MR) is 219 cm³/mol. The average molecular weight is 677 g/mol. The predicted octanol–water partition coefficient (Wildman–Crippen LogP) is 12.5. The fourth-order valence-electron chi connectivity index (χ4n) is 7.57. The molecule has 4 nitrogen and oxygen atoms in total. The molecule has 0 N–H and O–H groups in total. The highest BCUT2D eigenvalue weighted by atomic mass is 15.0. The summed E-state index contributed by atoms with van der Waals surface area (Å²) >= 11 is 0. The van der Waals surface area contributed by atoms with Gasteiger partial charge in [-0.1, -0.05) is 170 Å². The van der Waals surface area contributed by atoms with Gasteiger partial charge in [0.25, 0.3) is 0 Å². The molecular weight excluding hydrogens is 645 g/mol. The summed E-state index contributed by atoms with van der Waals surface area (Å²) in [6.45, 7) is 0. The highest BCUT2D eigenvalue weighted by molar-refractivity contribution is 6.10. The Labute approximate surface area is 307 Å². The van der Waals surface area contributed by atoms with Gasteiger partial charge in [0.1, 0.15) is 0 Å². The van der Waals surface area contributed by atoms with E-state index in [1.54, 1.807) is 0 Å². The number of hydrogen-bond acceptors (Lipinski definition) is 3. The van der Waals surface area contributed by atoms with E-state index >= 15 is 0 Å². The zero-order chi connectivity index (χ0) is 35.1. The molecule has 10 rings (SSSR count). The summed E-state index contributed by atoms with van der Waals surface area (Å²) < 4.78 is 2.38. The number of para-hydroxylation sites is 2. The van der Waals surface area contributed by atoms with Gasteiger partial charge in [-0.05, 0) is 57.3 Å². The Morgan fingerprint density at radius 2 is 0.755 bits per heavy atom. The van der Waals surface area contributed by atoms with Gasteiger partial charge >= 0.3 is 0 Å². The lowest BCUT2D eigenvalue weighted by Crippen LogP contribution is -2.00. The molecule has 0 bridgehead atoms. The molecule has 2 heterocycles. The van der Waals surface area contributed by atoms with Crippen molar-refractivity contribution in [3.05, 3.63) is 194 Å². The van der Waals surface area contributed by atoms with Gasteiger partial charge in [0, 0.05) is 33.2 Å². The molecule has 4 heteroatoms. The third kappa shape index (κ3) is 5.45. The molecule has 0 fully saturated rings. The van der Waals surface area contributed by atoms with Crippen LogP contribution in [0.15, 0.2) is 194 Å². The molecule has 8 aromatic carbocycles. The zero-order valence-corrected chi connectivity index (χ0v) is 28.8. The van der Waals surface area contributed by atoms with Crippen LogP contribution in [0.25, 0.3) is 94.7 Å². The second-order valence-electron chi connectivity index (χ2n) is 13.2. The third-order valence-electron chi connectivity index (χ3n) is 10.1. The Morgan fingerprint density at radius 1 is 0.321 bits per heavy atom. The maximum atomic E-state index is 4.95. The molecule has 0 atom stereocenters. The Hall–Kier alpha value is -7.17. The summed E-state index contributed by atoms with van der Waals surface area (Å²) in [5.74, 6) is 1.95. The van der Waals surface area contributed by atoms with E-state index in [1.807, 2.05) is 60.7 Å². The van der Waals surface area contributed by atoms with Gasteiger partial charge in [-0.3, -0.25) is 0 Å². The minimum atomic E-state index is 0.643. The smallest absolute Gasteiger partial charge is 0.164 e. The molecule has 0 amide bonds. The van der Waals surface area contributed by atoms with E-state index in [0.29, 0.717) is 17.5 Å². The largest absolute Gasteiger partial charge is 0.309 e. The Balaban J connectivity index is 1.08. The van der Waals surface area contributed by atoms with Gasteiger partial charge < -0.3 is 4.57 Å². The highest BCUT2D eigenvalue weighted by Crippen LogP contribution is 2.39. The number of aromatic nitrogens is 4. The standard InChI is InChI=1S/C49H32N4/c1-3-14-35(15-4-1)47-50-48(36-16-5-2-6-17-36)52-49(51-47)37-30-28-33(29-31-37)40-24-12-18-34-19-13-25-41(46(34)40)38-20-11-21-39(32-38)53-44-26-9-7-22-42(44)43-23-8-10-27-45(43)53/h1-32H. The minimum absolute atomic E-state index is 0.643. The number of hydrogen-bond donors (Lipinski definition) is 0. The second-order valence-corrected chi connectivity index (χ2v) is 13.2. The molecule has 0 saturated carbocycles. The lowest BCUT2D eigenvalue weighted by atomic mass is 9.91. The van der Waals surface area contributed by atoms with Crippen LogP contribution in [-0.4, -0.2) is 19.5 Å². The molecule has 248 valence electrons.